The summed E-state index contributed by atoms with van der Waals surface area (Å²) < 4.78 is 2.13. The van der Waals surface area contributed by atoms with Crippen LogP contribution in [0.3, 0.4) is 0 Å². The molecule has 0 aliphatic heterocycles. The molecule has 26 heavy (non-hydrogen) atoms. The molecule has 3 heterocycles. The van der Waals surface area contributed by atoms with Crippen LogP contribution in [0.4, 0.5) is 0 Å². The van der Waals surface area contributed by atoms with E-state index in [2.05, 4.69) is 70.8 Å². The predicted octanol–water partition coefficient (Wildman–Crippen LogP) is 4.97. The summed E-state index contributed by atoms with van der Waals surface area (Å²) in [5.41, 5.74) is 7.55. The number of pyridine rings is 1. The molecule has 3 aromatic heterocycles. The molecule has 0 saturated carbocycles. The highest BCUT2D eigenvalue weighted by atomic mass is 15.0. The van der Waals surface area contributed by atoms with Gasteiger partial charge in [-0.05, 0) is 42.2 Å². The van der Waals surface area contributed by atoms with E-state index in [-0.39, 0.29) is 0 Å². The number of aromatic nitrogens is 4. The zero-order chi connectivity index (χ0) is 17.9. The van der Waals surface area contributed by atoms with Crippen LogP contribution in [-0.2, 0) is 12.8 Å². The molecule has 1 aromatic carbocycles. The Kier molecular flexibility index (Phi) is 4.48. The van der Waals surface area contributed by atoms with Crippen LogP contribution >= 0.6 is 0 Å². The molecule has 130 valence electrons. The second-order valence-electron chi connectivity index (χ2n) is 6.47. The van der Waals surface area contributed by atoms with E-state index in [1.54, 1.807) is 12.5 Å². The lowest BCUT2D eigenvalue weighted by atomic mass is 10.1. The third-order valence-electron chi connectivity index (χ3n) is 4.69. The maximum Gasteiger partial charge on any atom is 0.138 e. The first-order valence-electron chi connectivity index (χ1n) is 9.16. The quantitative estimate of drug-likeness (QED) is 0.514. The first-order chi connectivity index (χ1) is 12.8. The van der Waals surface area contributed by atoms with Crippen LogP contribution in [0.1, 0.15) is 31.4 Å². The topological polar surface area (TPSA) is 43.1 Å². The van der Waals surface area contributed by atoms with Crippen molar-refractivity contribution in [2.45, 2.75) is 33.1 Å². The van der Waals surface area contributed by atoms with Crippen LogP contribution in [0, 0.1) is 0 Å². The highest BCUT2D eigenvalue weighted by Crippen LogP contribution is 2.32. The lowest BCUT2D eigenvalue weighted by Gasteiger charge is -2.06. The highest BCUT2D eigenvalue weighted by Gasteiger charge is 2.17. The van der Waals surface area contributed by atoms with Crippen molar-refractivity contribution < 1.29 is 0 Å². The monoisotopic (exact) mass is 342 g/mol. The molecule has 4 heteroatoms. The summed E-state index contributed by atoms with van der Waals surface area (Å²) in [5.74, 6) is 0. The number of aryl methyl sites for hydroxylation is 2. The third-order valence-corrected chi connectivity index (χ3v) is 4.69. The fourth-order valence-electron chi connectivity index (χ4n) is 3.31. The van der Waals surface area contributed by atoms with Gasteiger partial charge in [0.05, 0.1) is 17.1 Å². The molecule has 4 aromatic rings. The molecule has 0 saturated heterocycles. The van der Waals surface area contributed by atoms with E-state index in [1.807, 2.05) is 6.07 Å². The lowest BCUT2D eigenvalue weighted by molar-refractivity contribution is 0.917. The van der Waals surface area contributed by atoms with E-state index in [4.69, 9.17) is 4.98 Å². The van der Waals surface area contributed by atoms with Crippen molar-refractivity contribution in [1.82, 2.24) is 19.4 Å². The number of rotatable bonds is 5. The zero-order valence-corrected chi connectivity index (χ0v) is 15.2. The summed E-state index contributed by atoms with van der Waals surface area (Å²) in [4.78, 5) is 13.5. The molecule has 4 rings (SSSR count). The van der Waals surface area contributed by atoms with Crippen molar-refractivity contribution >= 4 is 5.65 Å². The number of nitrogens with zero attached hydrogens (tertiary/aromatic N) is 4. The van der Waals surface area contributed by atoms with Gasteiger partial charge < -0.3 is 0 Å². The van der Waals surface area contributed by atoms with Gasteiger partial charge in [0.1, 0.15) is 12.0 Å². The molecule has 0 bridgehead atoms. The Labute approximate surface area is 153 Å². The Bertz CT molecular complexity index is 1020. The third kappa shape index (κ3) is 2.99. The van der Waals surface area contributed by atoms with Crippen LogP contribution < -0.4 is 0 Å². The van der Waals surface area contributed by atoms with Gasteiger partial charge in [-0.3, -0.25) is 4.40 Å². The van der Waals surface area contributed by atoms with Gasteiger partial charge in [0.25, 0.3) is 0 Å². The largest absolute Gasteiger partial charge is 0.298 e. The summed E-state index contributed by atoms with van der Waals surface area (Å²) in [6, 6.07) is 14.9. The molecule has 0 unspecified atom stereocenters. The SMILES string of the molecule is CCCc1ccn2c(-c3ccncn3)c(-c3ccc(CC)cc3)nc2c1. The van der Waals surface area contributed by atoms with E-state index in [0.29, 0.717) is 0 Å². The van der Waals surface area contributed by atoms with Crippen molar-refractivity contribution in [3.63, 3.8) is 0 Å². The van der Waals surface area contributed by atoms with Crippen LogP contribution in [0.25, 0.3) is 28.3 Å². The number of benzene rings is 1. The normalized spacial score (nSPS) is 11.2. The molecule has 0 amide bonds. The van der Waals surface area contributed by atoms with Crippen LogP contribution in [0.2, 0.25) is 0 Å². The second-order valence-corrected chi connectivity index (χ2v) is 6.47. The van der Waals surface area contributed by atoms with Crippen LogP contribution in [0.5, 0.6) is 0 Å². The molecular weight excluding hydrogens is 320 g/mol. The molecule has 0 spiro atoms. The lowest BCUT2D eigenvalue weighted by Crippen LogP contribution is -1.94. The fraction of sp³-hybridized carbons (Fsp3) is 0.227. The standard InChI is InChI=1S/C22H22N4/c1-3-5-17-11-13-26-20(14-17)25-21(18-8-6-16(4-2)7-9-18)22(26)19-10-12-23-15-24-19/h6-15H,3-5H2,1-2H3. The van der Waals surface area contributed by atoms with Gasteiger partial charge in [0.2, 0.25) is 0 Å². The average molecular weight is 342 g/mol. The first-order valence-corrected chi connectivity index (χ1v) is 9.16. The fourth-order valence-corrected chi connectivity index (χ4v) is 3.31. The summed E-state index contributed by atoms with van der Waals surface area (Å²) in [6.45, 7) is 4.37. The summed E-state index contributed by atoms with van der Waals surface area (Å²) >= 11 is 0. The Morgan fingerprint density at radius 3 is 2.50 bits per heavy atom. The van der Waals surface area contributed by atoms with E-state index in [0.717, 1.165) is 47.6 Å². The van der Waals surface area contributed by atoms with Gasteiger partial charge in [-0.25, -0.2) is 15.0 Å². The van der Waals surface area contributed by atoms with Crippen molar-refractivity contribution in [3.8, 4) is 22.6 Å². The van der Waals surface area contributed by atoms with Crippen molar-refractivity contribution in [1.29, 1.82) is 0 Å². The van der Waals surface area contributed by atoms with Crippen molar-refractivity contribution in [2.75, 3.05) is 0 Å². The van der Waals surface area contributed by atoms with E-state index in [1.165, 1.54) is 11.1 Å². The Morgan fingerprint density at radius 1 is 0.962 bits per heavy atom. The van der Waals surface area contributed by atoms with Gasteiger partial charge in [0.15, 0.2) is 0 Å². The molecular formula is C22H22N4. The van der Waals surface area contributed by atoms with Gasteiger partial charge in [-0.15, -0.1) is 0 Å². The summed E-state index contributed by atoms with van der Waals surface area (Å²) in [5, 5.41) is 0. The Morgan fingerprint density at radius 2 is 1.81 bits per heavy atom. The summed E-state index contributed by atoms with van der Waals surface area (Å²) in [6.07, 6.45) is 8.69. The number of hydrogen-bond acceptors (Lipinski definition) is 3. The average Bonchev–Trinajstić information content (AvgIpc) is 3.07. The minimum absolute atomic E-state index is 0.880. The predicted molar refractivity (Wildman–Crippen MR) is 105 cm³/mol. The minimum atomic E-state index is 0.880. The highest BCUT2D eigenvalue weighted by molar-refractivity contribution is 5.80. The van der Waals surface area contributed by atoms with Crippen molar-refractivity contribution in [2.24, 2.45) is 0 Å². The van der Waals surface area contributed by atoms with Gasteiger partial charge in [-0.1, -0.05) is 44.5 Å². The number of hydrogen-bond donors (Lipinski definition) is 0. The van der Waals surface area contributed by atoms with Crippen LogP contribution in [0.15, 0.2) is 61.2 Å². The smallest absolute Gasteiger partial charge is 0.138 e. The molecule has 0 radical (unpaired) electrons. The van der Waals surface area contributed by atoms with Crippen molar-refractivity contribution in [3.05, 3.63) is 72.3 Å². The molecule has 0 aliphatic carbocycles. The molecule has 0 atom stereocenters. The maximum absolute atomic E-state index is 4.96. The Balaban J connectivity index is 1.94. The molecule has 0 fully saturated rings. The van der Waals surface area contributed by atoms with Crippen LogP contribution in [-0.4, -0.2) is 19.4 Å². The van der Waals surface area contributed by atoms with E-state index in [9.17, 15) is 0 Å². The minimum Gasteiger partial charge on any atom is -0.298 e. The number of imidazole rings is 1. The molecule has 4 nitrogen and oxygen atoms in total. The maximum atomic E-state index is 4.96. The number of fused-ring (bicyclic) bond motifs is 1. The molecule has 0 N–H and O–H groups in total. The zero-order valence-electron chi connectivity index (χ0n) is 15.2. The first kappa shape index (κ1) is 16.5. The van der Waals surface area contributed by atoms with Gasteiger partial charge in [-0.2, -0.15) is 0 Å². The second kappa shape index (κ2) is 7.08. The van der Waals surface area contributed by atoms with Gasteiger partial charge in [0, 0.05) is 18.0 Å². The van der Waals surface area contributed by atoms with E-state index >= 15 is 0 Å². The summed E-state index contributed by atoms with van der Waals surface area (Å²) in [7, 11) is 0. The van der Waals surface area contributed by atoms with Gasteiger partial charge >= 0.3 is 0 Å². The molecule has 0 aliphatic rings. The Hall–Kier alpha value is -3.01. The van der Waals surface area contributed by atoms with E-state index < -0.39 is 0 Å².